The number of hydrogen-bond donors (Lipinski definition) is 3. The van der Waals surface area contributed by atoms with Gasteiger partial charge in [-0.05, 0) is 37.6 Å². The first kappa shape index (κ1) is 20.8. The Kier molecular flexibility index (Phi) is 4.84. The van der Waals surface area contributed by atoms with E-state index < -0.39 is 0 Å². The van der Waals surface area contributed by atoms with Crippen molar-refractivity contribution in [2.24, 2.45) is 0 Å². The molecular weight excluding hydrogens is 454 g/mol. The van der Waals surface area contributed by atoms with Gasteiger partial charge in [-0.3, -0.25) is 9.78 Å². The molecule has 0 spiro atoms. The summed E-state index contributed by atoms with van der Waals surface area (Å²) in [4.78, 5) is 25.9. The van der Waals surface area contributed by atoms with Gasteiger partial charge in [0.05, 0.1) is 46.9 Å². The zero-order valence-corrected chi connectivity index (χ0v) is 19.4. The molecule has 0 radical (unpaired) electrons. The standard InChI is InChI=1S/C25H22ClN5O3/c1-3-34-18-8-7-15-20(30-18)12(9-10-27-15)22-23(28-16-6-4-5-14(26)24(16)33-2)19-21(31-22)13-11-17(13)29-25(19)32/h4-10,13,17,28,31H,3,11H2,1-2H3,(H,29,32). The fraction of sp³-hybridized carbons (Fsp3) is 0.240. The quantitative estimate of drug-likeness (QED) is 0.361. The van der Waals surface area contributed by atoms with Gasteiger partial charge in [0.2, 0.25) is 5.88 Å². The fourth-order valence-corrected chi connectivity index (χ4v) is 4.91. The number of H-pyrrole nitrogens is 1. The highest BCUT2D eigenvalue weighted by molar-refractivity contribution is 6.32. The van der Waals surface area contributed by atoms with E-state index >= 15 is 0 Å². The van der Waals surface area contributed by atoms with E-state index in [1.807, 2.05) is 31.2 Å². The van der Waals surface area contributed by atoms with Crippen molar-refractivity contribution in [2.45, 2.75) is 25.3 Å². The van der Waals surface area contributed by atoms with Crippen LogP contribution in [0.5, 0.6) is 11.6 Å². The number of nitrogens with zero attached hydrogens (tertiary/aromatic N) is 2. The Balaban J connectivity index is 1.58. The second-order valence-corrected chi connectivity index (χ2v) is 8.75. The van der Waals surface area contributed by atoms with Crippen LogP contribution in [0.1, 0.15) is 35.3 Å². The molecule has 2 atom stereocenters. The van der Waals surface area contributed by atoms with Crippen LogP contribution in [0.3, 0.4) is 0 Å². The monoisotopic (exact) mass is 475 g/mol. The van der Waals surface area contributed by atoms with E-state index in [2.05, 4.69) is 20.6 Å². The number of pyridine rings is 2. The molecule has 4 aromatic rings. The average molecular weight is 476 g/mol. The lowest BCUT2D eigenvalue weighted by molar-refractivity contribution is 0.0944. The summed E-state index contributed by atoms with van der Waals surface area (Å²) in [7, 11) is 1.57. The Labute approximate surface area is 200 Å². The molecule has 1 amide bonds. The second kappa shape index (κ2) is 7.92. The third-order valence-corrected chi connectivity index (χ3v) is 6.58. The van der Waals surface area contributed by atoms with E-state index in [-0.39, 0.29) is 17.9 Å². The molecule has 0 bridgehead atoms. The van der Waals surface area contributed by atoms with Crippen molar-refractivity contribution in [2.75, 3.05) is 19.0 Å². The molecule has 1 fully saturated rings. The van der Waals surface area contributed by atoms with Crippen molar-refractivity contribution in [1.82, 2.24) is 20.3 Å². The van der Waals surface area contributed by atoms with E-state index in [4.69, 9.17) is 26.1 Å². The second-order valence-electron chi connectivity index (χ2n) is 8.34. The first-order valence-electron chi connectivity index (χ1n) is 11.1. The third-order valence-electron chi connectivity index (χ3n) is 6.28. The molecule has 0 saturated heterocycles. The van der Waals surface area contributed by atoms with Crippen molar-refractivity contribution >= 4 is 39.9 Å². The highest BCUT2D eigenvalue weighted by atomic mass is 35.5. The van der Waals surface area contributed by atoms with Crippen LogP contribution >= 0.6 is 11.6 Å². The molecule has 2 unspecified atom stereocenters. The first-order chi connectivity index (χ1) is 16.6. The SMILES string of the molecule is CCOc1ccc2nccc(-c3[nH]c4c(c3Nc3cccc(Cl)c3OC)C(=O)NC3CC43)c2n1. The van der Waals surface area contributed by atoms with Crippen molar-refractivity contribution < 1.29 is 14.3 Å². The van der Waals surface area contributed by atoms with Crippen LogP contribution in [0, 0.1) is 0 Å². The molecule has 172 valence electrons. The Bertz CT molecular complexity index is 1450. The number of rotatable bonds is 6. The van der Waals surface area contributed by atoms with Crippen LogP contribution in [0.4, 0.5) is 11.4 Å². The number of carbonyl (C=O) groups excluding carboxylic acids is 1. The van der Waals surface area contributed by atoms with Gasteiger partial charge in [0, 0.05) is 35.5 Å². The van der Waals surface area contributed by atoms with Gasteiger partial charge < -0.3 is 25.1 Å². The largest absolute Gasteiger partial charge is 0.493 e. The number of methoxy groups -OCH3 is 1. The first-order valence-corrected chi connectivity index (χ1v) is 11.5. The van der Waals surface area contributed by atoms with Crippen molar-refractivity contribution in [3.05, 3.63) is 58.9 Å². The van der Waals surface area contributed by atoms with Gasteiger partial charge in [0.15, 0.2) is 5.75 Å². The minimum absolute atomic E-state index is 0.110. The van der Waals surface area contributed by atoms with Crippen LogP contribution in [-0.2, 0) is 0 Å². The highest BCUT2D eigenvalue weighted by Crippen LogP contribution is 2.50. The van der Waals surface area contributed by atoms with E-state index in [1.54, 1.807) is 25.4 Å². The molecule has 9 heteroatoms. The molecule has 1 aromatic carbocycles. The lowest BCUT2D eigenvalue weighted by atomic mass is 10.0. The van der Waals surface area contributed by atoms with E-state index in [0.717, 1.165) is 28.9 Å². The van der Waals surface area contributed by atoms with Crippen LogP contribution < -0.4 is 20.1 Å². The van der Waals surface area contributed by atoms with Crippen molar-refractivity contribution in [1.29, 1.82) is 0 Å². The summed E-state index contributed by atoms with van der Waals surface area (Å²) in [6, 6.07) is 11.2. The molecule has 6 rings (SSSR count). The number of fused-ring (bicyclic) bond motifs is 4. The molecule has 3 N–H and O–H groups in total. The highest BCUT2D eigenvalue weighted by Gasteiger charge is 2.48. The number of aromatic amines is 1. The molecule has 1 aliphatic heterocycles. The maximum Gasteiger partial charge on any atom is 0.255 e. The molecule has 3 aromatic heterocycles. The Morgan fingerprint density at radius 3 is 2.94 bits per heavy atom. The average Bonchev–Trinajstić information content (AvgIpc) is 3.51. The van der Waals surface area contributed by atoms with E-state index in [9.17, 15) is 4.79 Å². The smallest absolute Gasteiger partial charge is 0.255 e. The maximum atomic E-state index is 13.1. The fourth-order valence-electron chi connectivity index (χ4n) is 4.66. The van der Waals surface area contributed by atoms with Crippen molar-refractivity contribution in [3.63, 3.8) is 0 Å². The Hall–Kier alpha value is -3.78. The summed E-state index contributed by atoms with van der Waals surface area (Å²) < 4.78 is 11.2. The number of carbonyl (C=O) groups is 1. The lowest BCUT2D eigenvalue weighted by Crippen LogP contribution is -2.31. The third kappa shape index (κ3) is 3.25. The van der Waals surface area contributed by atoms with Gasteiger partial charge in [0.1, 0.15) is 5.52 Å². The van der Waals surface area contributed by atoms with Gasteiger partial charge >= 0.3 is 0 Å². The number of nitrogens with one attached hydrogen (secondary N) is 3. The molecule has 4 heterocycles. The number of anilines is 2. The molecular formula is C25H22ClN5O3. The summed E-state index contributed by atoms with van der Waals surface area (Å²) in [5, 5.41) is 7.01. The minimum Gasteiger partial charge on any atom is -0.493 e. The number of benzene rings is 1. The maximum absolute atomic E-state index is 13.1. The normalized spacial score (nSPS) is 18.1. The summed E-state index contributed by atoms with van der Waals surface area (Å²) >= 11 is 6.37. The number of aromatic nitrogens is 3. The molecule has 1 aliphatic carbocycles. The van der Waals surface area contributed by atoms with Gasteiger partial charge in [-0.1, -0.05) is 17.7 Å². The number of ether oxygens (including phenoxy) is 2. The minimum atomic E-state index is -0.110. The molecule has 34 heavy (non-hydrogen) atoms. The lowest BCUT2D eigenvalue weighted by Gasteiger charge is -2.17. The molecule has 1 saturated carbocycles. The van der Waals surface area contributed by atoms with Crippen molar-refractivity contribution in [3.8, 4) is 22.9 Å². The number of para-hydroxylation sites is 1. The van der Waals surface area contributed by atoms with E-state index in [0.29, 0.717) is 45.7 Å². The topological polar surface area (TPSA) is 101 Å². The predicted octanol–water partition coefficient (Wildman–Crippen LogP) is 5.03. The van der Waals surface area contributed by atoms with Gasteiger partial charge in [0.25, 0.3) is 5.91 Å². The van der Waals surface area contributed by atoms with Crippen LogP contribution in [0.15, 0.2) is 42.6 Å². The molecule has 2 aliphatic rings. The Morgan fingerprint density at radius 2 is 2.12 bits per heavy atom. The summed E-state index contributed by atoms with van der Waals surface area (Å²) in [5.74, 6) is 1.18. The summed E-state index contributed by atoms with van der Waals surface area (Å²) in [5.41, 5.74) is 5.81. The number of amides is 1. The van der Waals surface area contributed by atoms with E-state index in [1.165, 1.54) is 0 Å². The molecule has 8 nitrogen and oxygen atoms in total. The van der Waals surface area contributed by atoms with Gasteiger partial charge in [-0.25, -0.2) is 4.98 Å². The van der Waals surface area contributed by atoms with Crippen LogP contribution in [0.2, 0.25) is 5.02 Å². The van der Waals surface area contributed by atoms with Gasteiger partial charge in [-0.15, -0.1) is 0 Å². The summed E-state index contributed by atoms with van der Waals surface area (Å²) in [6.45, 7) is 2.43. The number of hydrogen-bond acceptors (Lipinski definition) is 6. The van der Waals surface area contributed by atoms with Gasteiger partial charge in [-0.2, -0.15) is 0 Å². The number of halogens is 1. The van der Waals surface area contributed by atoms with Crippen LogP contribution in [0.25, 0.3) is 22.3 Å². The zero-order valence-electron chi connectivity index (χ0n) is 18.6. The zero-order chi connectivity index (χ0) is 23.4. The summed E-state index contributed by atoms with van der Waals surface area (Å²) in [6.07, 6.45) is 2.66. The Morgan fingerprint density at radius 1 is 1.24 bits per heavy atom. The van der Waals surface area contributed by atoms with Crippen LogP contribution in [-0.4, -0.2) is 40.6 Å². The predicted molar refractivity (Wildman–Crippen MR) is 130 cm³/mol.